The van der Waals surface area contributed by atoms with E-state index in [2.05, 4.69) is 36.9 Å². The van der Waals surface area contributed by atoms with Crippen LogP contribution in [0.4, 0.5) is 13.9 Å². The molecular weight excluding hydrogens is 798 g/mol. The van der Waals surface area contributed by atoms with Gasteiger partial charge in [0.1, 0.15) is 35.8 Å². The third-order valence-electron chi connectivity index (χ3n) is 7.92. The summed E-state index contributed by atoms with van der Waals surface area (Å²) < 4.78 is 36.3. The van der Waals surface area contributed by atoms with Gasteiger partial charge in [0.2, 0.25) is 5.91 Å². The normalized spacial score (nSPS) is 13.8. The van der Waals surface area contributed by atoms with Crippen LogP contribution in [0.1, 0.15) is 47.0 Å². The smallest absolute Gasteiger partial charge is 0.332 e. The van der Waals surface area contributed by atoms with E-state index in [1.807, 2.05) is 6.07 Å². The summed E-state index contributed by atoms with van der Waals surface area (Å²) in [7, 11) is 0. The maximum Gasteiger partial charge on any atom is 0.332 e. The summed E-state index contributed by atoms with van der Waals surface area (Å²) in [6, 6.07) is 1.94. The highest BCUT2D eigenvalue weighted by Crippen LogP contribution is 2.28. The zero-order chi connectivity index (χ0) is 39.9. The molecule has 0 spiro atoms. The lowest BCUT2D eigenvalue weighted by atomic mass is 10.0. The minimum atomic E-state index is -1.58. The van der Waals surface area contributed by atoms with Crippen molar-refractivity contribution >= 4 is 72.4 Å². The Hall–Kier alpha value is -4.85. The van der Waals surface area contributed by atoms with Gasteiger partial charge in [0.05, 0.1) is 28.9 Å². The predicted octanol–water partition coefficient (Wildman–Crippen LogP) is 4.30. The van der Waals surface area contributed by atoms with Gasteiger partial charge in [-0.15, -0.1) is 0 Å². The highest BCUT2D eigenvalue weighted by Gasteiger charge is 2.34. The number of rotatable bonds is 18. The first kappa shape index (κ1) is 41.9. The van der Waals surface area contributed by atoms with Gasteiger partial charge in [0, 0.05) is 22.9 Å². The number of hydrogen-bond donors (Lipinski definition) is 5. The molecule has 0 aliphatic heterocycles. The Morgan fingerprint density at radius 1 is 0.852 bits per heavy atom. The number of carboxylic acid groups (broad SMARTS) is 2. The molecule has 0 saturated heterocycles. The Labute approximate surface area is 319 Å². The molecule has 2 aromatic heterocycles. The molecule has 19 heteroatoms. The molecule has 0 aliphatic rings. The summed E-state index contributed by atoms with van der Waals surface area (Å²) in [5.41, 5.74) is -0.320. The number of anilines is 1. The van der Waals surface area contributed by atoms with E-state index in [9.17, 15) is 47.8 Å². The van der Waals surface area contributed by atoms with Crippen molar-refractivity contribution in [3.05, 3.63) is 75.4 Å². The summed E-state index contributed by atoms with van der Waals surface area (Å²) in [6.45, 7) is 6.45. The number of aromatic nitrogens is 3. The molecule has 4 unspecified atom stereocenters. The van der Waals surface area contributed by atoms with E-state index in [0.29, 0.717) is 11.6 Å². The first-order valence-corrected chi connectivity index (χ1v) is 18.3. The van der Waals surface area contributed by atoms with E-state index in [1.54, 1.807) is 39.8 Å². The fourth-order valence-electron chi connectivity index (χ4n) is 5.49. The SMILES string of the molecule is CC(C)CC(NC(CC(=O)Nc1nc2ccc(Br)cc2s1)C(=O)O)C(=O)OC(=O)C(CC(C)C)NC(Cn1ccn(-c2cc(F)cc(F)c2)c1=O)C(=O)O. The number of aliphatic carboxylic acids is 2. The summed E-state index contributed by atoms with van der Waals surface area (Å²) in [4.78, 5) is 81.7. The molecule has 2 aromatic carbocycles. The lowest BCUT2D eigenvalue weighted by Crippen LogP contribution is -2.53. The molecule has 15 nitrogen and oxygen atoms in total. The van der Waals surface area contributed by atoms with Crippen LogP contribution >= 0.6 is 27.3 Å². The molecule has 0 bridgehead atoms. The van der Waals surface area contributed by atoms with Crippen molar-refractivity contribution < 1.29 is 47.7 Å². The second-order valence-corrected chi connectivity index (χ2v) is 15.3. The largest absolute Gasteiger partial charge is 0.480 e. The lowest BCUT2D eigenvalue weighted by Gasteiger charge is -2.26. The third-order valence-corrected chi connectivity index (χ3v) is 9.35. The fourth-order valence-corrected chi connectivity index (χ4v) is 6.92. The van der Waals surface area contributed by atoms with Crippen LogP contribution in [0.3, 0.4) is 0 Å². The summed E-state index contributed by atoms with van der Waals surface area (Å²) in [5, 5.41) is 28.1. The number of ether oxygens (including phenoxy) is 1. The van der Waals surface area contributed by atoms with Gasteiger partial charge in [-0.1, -0.05) is 55.0 Å². The maximum absolute atomic E-state index is 13.8. The van der Waals surface area contributed by atoms with Gasteiger partial charge < -0.3 is 20.3 Å². The van der Waals surface area contributed by atoms with Crippen molar-refractivity contribution in [3.63, 3.8) is 0 Å². The molecular formula is C35H39BrF2N6O9S. The highest BCUT2D eigenvalue weighted by atomic mass is 79.9. The zero-order valence-corrected chi connectivity index (χ0v) is 31.9. The van der Waals surface area contributed by atoms with E-state index in [0.717, 1.165) is 30.4 Å². The van der Waals surface area contributed by atoms with Gasteiger partial charge in [-0.3, -0.25) is 34.2 Å². The lowest BCUT2D eigenvalue weighted by molar-refractivity contribution is -0.163. The maximum atomic E-state index is 13.8. The van der Waals surface area contributed by atoms with Crippen LogP contribution in [0.25, 0.3) is 15.9 Å². The van der Waals surface area contributed by atoms with Crippen LogP contribution in [-0.2, 0) is 35.3 Å². The minimum absolute atomic E-state index is 0.00269. The number of imidazole rings is 1. The number of thiazole rings is 1. The van der Waals surface area contributed by atoms with Crippen LogP contribution in [0, 0.1) is 23.5 Å². The number of carboxylic acids is 2. The van der Waals surface area contributed by atoms with Crippen LogP contribution in [-0.4, -0.2) is 78.3 Å². The van der Waals surface area contributed by atoms with Gasteiger partial charge in [-0.25, -0.2) is 28.1 Å². The van der Waals surface area contributed by atoms with Crippen LogP contribution in [0.2, 0.25) is 0 Å². The molecule has 4 atom stereocenters. The quantitative estimate of drug-likeness (QED) is 0.0702. The van der Waals surface area contributed by atoms with E-state index >= 15 is 0 Å². The zero-order valence-electron chi connectivity index (χ0n) is 29.5. The van der Waals surface area contributed by atoms with Crippen LogP contribution in [0.5, 0.6) is 0 Å². The molecule has 5 N–H and O–H groups in total. The molecule has 54 heavy (non-hydrogen) atoms. The number of carbonyl (C=O) groups is 5. The number of benzene rings is 2. The summed E-state index contributed by atoms with van der Waals surface area (Å²) >= 11 is 4.55. The second kappa shape index (κ2) is 18.5. The van der Waals surface area contributed by atoms with Gasteiger partial charge in [0.15, 0.2) is 5.13 Å². The van der Waals surface area contributed by atoms with Crippen molar-refractivity contribution in [2.24, 2.45) is 11.8 Å². The predicted molar refractivity (Wildman–Crippen MR) is 197 cm³/mol. The Kier molecular flexibility index (Phi) is 14.3. The fraction of sp³-hybridized carbons (Fsp3) is 0.400. The molecule has 0 radical (unpaired) electrons. The molecule has 4 aromatic rings. The first-order chi connectivity index (χ1) is 25.4. The van der Waals surface area contributed by atoms with Crippen molar-refractivity contribution in [2.45, 2.75) is 77.7 Å². The van der Waals surface area contributed by atoms with Crippen molar-refractivity contribution in [3.8, 4) is 5.69 Å². The molecule has 0 saturated carbocycles. The average molecular weight is 838 g/mol. The van der Waals surface area contributed by atoms with Gasteiger partial charge >= 0.3 is 29.6 Å². The molecule has 0 fully saturated rings. The standard InChI is InChI=1S/C35H39BrF2N6O9S/c1-17(2)9-25(39-24(30(46)47)15-29(45)42-34-41-23-6-5-19(36)11-28(23)54-34)32(50)53-33(51)26(10-18(3)4)40-27(31(48)49)16-43-7-8-44(35(43)52)22-13-20(37)12-21(38)14-22/h5-8,11-14,17-18,24-27,39-40H,9-10,15-16H2,1-4H3,(H,46,47)(H,48,49)(H,41,42,45). The topological polar surface area (TPSA) is 211 Å². The summed E-state index contributed by atoms with van der Waals surface area (Å²) in [6.07, 6.45) is 1.82. The number of nitrogens with one attached hydrogen (secondary N) is 3. The van der Waals surface area contributed by atoms with Gasteiger partial charge in [-0.05, 0) is 55.0 Å². The van der Waals surface area contributed by atoms with Crippen LogP contribution in [0.15, 0.2) is 58.1 Å². The monoisotopic (exact) mass is 836 g/mol. The molecule has 290 valence electrons. The number of hydrogen-bond acceptors (Lipinski definition) is 11. The van der Waals surface area contributed by atoms with E-state index < -0.39 is 84.2 Å². The number of amides is 1. The Balaban J connectivity index is 1.46. The number of halogens is 3. The van der Waals surface area contributed by atoms with Crippen molar-refractivity contribution in [1.82, 2.24) is 24.8 Å². The Morgan fingerprint density at radius 2 is 1.43 bits per heavy atom. The first-order valence-electron chi connectivity index (χ1n) is 16.7. The minimum Gasteiger partial charge on any atom is -0.480 e. The van der Waals surface area contributed by atoms with E-state index in [1.165, 1.54) is 23.7 Å². The molecule has 0 aliphatic carbocycles. The van der Waals surface area contributed by atoms with Crippen molar-refractivity contribution in [2.75, 3.05) is 5.32 Å². The second-order valence-electron chi connectivity index (χ2n) is 13.3. The summed E-state index contributed by atoms with van der Waals surface area (Å²) in [5.74, 6) is -8.17. The van der Waals surface area contributed by atoms with E-state index in [-0.39, 0.29) is 35.5 Å². The number of nitrogens with zero attached hydrogens (tertiary/aromatic N) is 3. The van der Waals surface area contributed by atoms with Gasteiger partial charge in [0.25, 0.3) is 0 Å². The number of carbonyl (C=O) groups excluding carboxylic acids is 3. The third kappa shape index (κ3) is 11.6. The van der Waals surface area contributed by atoms with Crippen LogP contribution < -0.4 is 21.6 Å². The van der Waals surface area contributed by atoms with E-state index in [4.69, 9.17) is 4.74 Å². The number of fused-ring (bicyclic) bond motifs is 1. The Morgan fingerprint density at radius 3 is 1.98 bits per heavy atom. The average Bonchev–Trinajstić information content (AvgIpc) is 3.63. The van der Waals surface area contributed by atoms with Gasteiger partial charge in [-0.2, -0.15) is 0 Å². The molecule has 4 rings (SSSR count). The highest BCUT2D eigenvalue weighted by molar-refractivity contribution is 9.10. The number of esters is 2. The molecule has 2 heterocycles. The Bertz CT molecular complexity index is 2060. The van der Waals surface area contributed by atoms with Crippen molar-refractivity contribution in [1.29, 1.82) is 0 Å². The molecule has 1 amide bonds.